The van der Waals surface area contributed by atoms with Crippen LogP contribution in [0, 0.1) is 12.8 Å². The van der Waals surface area contributed by atoms with E-state index in [1.54, 1.807) is 14.1 Å². The summed E-state index contributed by atoms with van der Waals surface area (Å²) in [7, 11) is 3.43. The minimum absolute atomic E-state index is 0.0437. The van der Waals surface area contributed by atoms with E-state index in [9.17, 15) is 9.59 Å². The van der Waals surface area contributed by atoms with E-state index in [0.717, 1.165) is 17.5 Å². The van der Waals surface area contributed by atoms with Crippen molar-refractivity contribution in [3.63, 3.8) is 0 Å². The van der Waals surface area contributed by atoms with Crippen LogP contribution in [0.2, 0.25) is 0 Å². The first kappa shape index (κ1) is 17.9. The molecule has 1 spiro atoms. The maximum Gasteiger partial charge on any atom is 0.254 e. The molecule has 2 aliphatic rings. The molecule has 0 bridgehead atoms. The molecular weight excluding hydrogens is 320 g/mol. The van der Waals surface area contributed by atoms with Gasteiger partial charge < -0.3 is 19.3 Å². The molecule has 0 aliphatic carbocycles. The molecular formula is C19H26N2O4. The van der Waals surface area contributed by atoms with Gasteiger partial charge in [0.2, 0.25) is 5.91 Å². The van der Waals surface area contributed by atoms with Gasteiger partial charge in [-0.05, 0) is 25.5 Å². The summed E-state index contributed by atoms with van der Waals surface area (Å²) in [5, 5.41) is 0. The first-order valence-corrected chi connectivity index (χ1v) is 8.69. The molecule has 2 amide bonds. The number of rotatable bonds is 5. The molecule has 1 unspecified atom stereocenters. The molecule has 136 valence electrons. The number of likely N-dealkylation sites (N-methyl/N-ethyl adjacent to an activating group) is 1. The average molecular weight is 346 g/mol. The summed E-state index contributed by atoms with van der Waals surface area (Å²) in [6.07, 6.45) is 0.905. The second-order valence-electron chi connectivity index (χ2n) is 7.23. The van der Waals surface area contributed by atoms with Gasteiger partial charge in [0.05, 0.1) is 19.7 Å². The number of nitrogens with zero attached hydrogens (tertiary/aromatic N) is 2. The van der Waals surface area contributed by atoms with E-state index in [1.165, 1.54) is 4.90 Å². The monoisotopic (exact) mass is 346 g/mol. The van der Waals surface area contributed by atoms with E-state index in [0.29, 0.717) is 26.3 Å². The SMILES string of the molecule is Cc1cccc(C(=O)N2CC3(C2)OCCC3COCC(=O)N(C)C)c1. The molecule has 6 nitrogen and oxygen atoms in total. The third-order valence-corrected chi connectivity index (χ3v) is 5.11. The summed E-state index contributed by atoms with van der Waals surface area (Å²) in [4.78, 5) is 27.5. The summed E-state index contributed by atoms with van der Waals surface area (Å²) in [6, 6.07) is 7.65. The van der Waals surface area contributed by atoms with Crippen LogP contribution >= 0.6 is 0 Å². The number of ether oxygens (including phenoxy) is 2. The van der Waals surface area contributed by atoms with Crippen molar-refractivity contribution in [1.29, 1.82) is 0 Å². The fourth-order valence-corrected chi connectivity index (χ4v) is 3.49. The molecule has 0 radical (unpaired) electrons. The Morgan fingerprint density at radius 2 is 2.12 bits per heavy atom. The summed E-state index contributed by atoms with van der Waals surface area (Å²) >= 11 is 0. The highest BCUT2D eigenvalue weighted by atomic mass is 16.5. The number of benzene rings is 1. The molecule has 0 N–H and O–H groups in total. The van der Waals surface area contributed by atoms with E-state index >= 15 is 0 Å². The topological polar surface area (TPSA) is 59.1 Å². The predicted molar refractivity (Wildman–Crippen MR) is 93.4 cm³/mol. The number of hydrogen-bond acceptors (Lipinski definition) is 4. The molecule has 2 aliphatic heterocycles. The van der Waals surface area contributed by atoms with Crippen molar-refractivity contribution in [3.05, 3.63) is 35.4 Å². The lowest BCUT2D eigenvalue weighted by Gasteiger charge is -2.50. The van der Waals surface area contributed by atoms with E-state index in [2.05, 4.69) is 0 Å². The second-order valence-corrected chi connectivity index (χ2v) is 7.23. The lowest BCUT2D eigenvalue weighted by molar-refractivity contribution is -0.141. The van der Waals surface area contributed by atoms with Gasteiger partial charge in [0.1, 0.15) is 12.2 Å². The summed E-state index contributed by atoms with van der Waals surface area (Å²) in [5.74, 6) is 0.231. The van der Waals surface area contributed by atoms with Crippen LogP contribution in [0.5, 0.6) is 0 Å². The molecule has 25 heavy (non-hydrogen) atoms. The normalized spacial score (nSPS) is 21.2. The van der Waals surface area contributed by atoms with Gasteiger partial charge in [0, 0.05) is 32.2 Å². The Morgan fingerprint density at radius 3 is 2.80 bits per heavy atom. The van der Waals surface area contributed by atoms with Gasteiger partial charge in [-0.25, -0.2) is 0 Å². The summed E-state index contributed by atoms with van der Waals surface area (Å²) in [6.45, 7) is 4.43. The molecule has 0 aromatic heterocycles. The van der Waals surface area contributed by atoms with E-state index in [-0.39, 0.29) is 29.9 Å². The van der Waals surface area contributed by atoms with E-state index < -0.39 is 0 Å². The zero-order valence-corrected chi connectivity index (χ0v) is 15.2. The van der Waals surface area contributed by atoms with Gasteiger partial charge in [-0.15, -0.1) is 0 Å². The van der Waals surface area contributed by atoms with E-state index in [1.807, 2.05) is 36.1 Å². The van der Waals surface area contributed by atoms with Gasteiger partial charge in [-0.3, -0.25) is 9.59 Å². The number of carbonyl (C=O) groups is 2. The first-order valence-electron chi connectivity index (χ1n) is 8.69. The standard InChI is InChI=1S/C19H26N2O4/c1-14-5-4-6-15(9-14)18(23)21-12-19(13-21)16(7-8-25-19)10-24-11-17(22)20(2)3/h4-6,9,16H,7-8,10-13H2,1-3H3. The van der Waals surface area contributed by atoms with Crippen molar-refractivity contribution in [1.82, 2.24) is 9.80 Å². The quantitative estimate of drug-likeness (QED) is 0.807. The van der Waals surface area contributed by atoms with Crippen molar-refractivity contribution in [3.8, 4) is 0 Å². The molecule has 2 heterocycles. The Kier molecular flexibility index (Phi) is 5.11. The van der Waals surface area contributed by atoms with Crippen LogP contribution in [0.1, 0.15) is 22.3 Å². The molecule has 2 fully saturated rings. The van der Waals surface area contributed by atoms with Gasteiger partial charge in [0.15, 0.2) is 0 Å². The van der Waals surface area contributed by atoms with Gasteiger partial charge in [0.25, 0.3) is 5.91 Å². The van der Waals surface area contributed by atoms with Crippen LogP contribution in [0.15, 0.2) is 24.3 Å². The maximum absolute atomic E-state index is 12.6. The minimum Gasteiger partial charge on any atom is -0.371 e. The third kappa shape index (κ3) is 3.70. The molecule has 6 heteroatoms. The Morgan fingerprint density at radius 1 is 1.36 bits per heavy atom. The van der Waals surface area contributed by atoms with Gasteiger partial charge >= 0.3 is 0 Å². The highest BCUT2D eigenvalue weighted by molar-refractivity contribution is 5.95. The lowest BCUT2D eigenvalue weighted by atomic mass is 9.81. The molecule has 3 rings (SSSR count). The first-order chi connectivity index (χ1) is 11.9. The number of carbonyl (C=O) groups excluding carboxylic acids is 2. The molecule has 0 saturated carbocycles. The molecule has 1 aromatic rings. The molecule has 1 atom stereocenters. The third-order valence-electron chi connectivity index (χ3n) is 5.11. The zero-order valence-electron chi connectivity index (χ0n) is 15.2. The number of aryl methyl sites for hydroxylation is 1. The zero-order chi connectivity index (χ0) is 18.0. The molecule has 1 aromatic carbocycles. The second kappa shape index (κ2) is 7.14. The van der Waals surface area contributed by atoms with Crippen LogP contribution in [0.3, 0.4) is 0 Å². The van der Waals surface area contributed by atoms with Crippen LogP contribution in [-0.4, -0.2) is 74.2 Å². The van der Waals surface area contributed by atoms with Crippen LogP contribution in [-0.2, 0) is 14.3 Å². The number of hydrogen-bond donors (Lipinski definition) is 0. The smallest absolute Gasteiger partial charge is 0.254 e. The Hall–Kier alpha value is -1.92. The Bertz CT molecular complexity index is 653. The van der Waals surface area contributed by atoms with Crippen LogP contribution in [0.25, 0.3) is 0 Å². The van der Waals surface area contributed by atoms with Gasteiger partial charge in [-0.1, -0.05) is 17.7 Å². The van der Waals surface area contributed by atoms with E-state index in [4.69, 9.17) is 9.47 Å². The minimum atomic E-state index is -0.305. The highest BCUT2D eigenvalue weighted by Crippen LogP contribution is 2.40. The Labute approximate surface area is 148 Å². The van der Waals surface area contributed by atoms with Crippen molar-refractivity contribution in [2.45, 2.75) is 18.9 Å². The van der Waals surface area contributed by atoms with Crippen molar-refractivity contribution < 1.29 is 19.1 Å². The Balaban J connectivity index is 1.53. The number of amides is 2. The van der Waals surface area contributed by atoms with Crippen molar-refractivity contribution in [2.75, 3.05) is 47.0 Å². The maximum atomic E-state index is 12.6. The largest absolute Gasteiger partial charge is 0.371 e. The average Bonchev–Trinajstić information content (AvgIpc) is 2.96. The van der Waals surface area contributed by atoms with Crippen LogP contribution < -0.4 is 0 Å². The van der Waals surface area contributed by atoms with Crippen LogP contribution in [0.4, 0.5) is 0 Å². The highest BCUT2D eigenvalue weighted by Gasteiger charge is 2.54. The van der Waals surface area contributed by atoms with Crippen molar-refractivity contribution >= 4 is 11.8 Å². The van der Waals surface area contributed by atoms with Crippen molar-refractivity contribution in [2.24, 2.45) is 5.92 Å². The van der Waals surface area contributed by atoms with Gasteiger partial charge in [-0.2, -0.15) is 0 Å². The fraction of sp³-hybridized carbons (Fsp3) is 0.579. The molecule has 2 saturated heterocycles. The summed E-state index contributed by atoms with van der Waals surface area (Å²) < 4.78 is 11.6. The fourth-order valence-electron chi connectivity index (χ4n) is 3.49. The summed E-state index contributed by atoms with van der Waals surface area (Å²) in [5.41, 5.74) is 1.49. The number of likely N-dealkylation sites (tertiary alicyclic amines) is 1. The lowest BCUT2D eigenvalue weighted by Crippen LogP contribution is -2.66. The predicted octanol–water partition coefficient (Wildman–Crippen LogP) is 1.33.